The van der Waals surface area contributed by atoms with Gasteiger partial charge in [0.2, 0.25) is 17.7 Å². The monoisotopic (exact) mass is 505 g/mol. The molecular formula is C21H39N5O7S. The molecule has 12 nitrogen and oxygen atoms in total. The molecule has 196 valence electrons. The van der Waals surface area contributed by atoms with Gasteiger partial charge in [0.15, 0.2) is 0 Å². The summed E-state index contributed by atoms with van der Waals surface area (Å²) in [7, 11) is 0. The zero-order valence-electron chi connectivity index (χ0n) is 20.0. The van der Waals surface area contributed by atoms with Crippen molar-refractivity contribution < 1.29 is 34.2 Å². The first-order chi connectivity index (χ1) is 16.0. The lowest BCUT2D eigenvalue weighted by molar-refractivity contribution is -0.143. The fourth-order valence-corrected chi connectivity index (χ4v) is 3.43. The second-order valence-electron chi connectivity index (χ2n) is 8.10. The Morgan fingerprint density at radius 3 is 1.94 bits per heavy atom. The van der Waals surface area contributed by atoms with E-state index >= 15 is 0 Å². The molecule has 13 heteroatoms. The number of carboxylic acids is 2. The molecule has 0 fully saturated rings. The largest absolute Gasteiger partial charge is 0.481 e. The van der Waals surface area contributed by atoms with Gasteiger partial charge < -0.3 is 37.6 Å². The third-order valence-electron chi connectivity index (χ3n) is 5.38. The molecule has 0 spiro atoms. The van der Waals surface area contributed by atoms with E-state index < -0.39 is 60.2 Å². The molecular weight excluding hydrogens is 466 g/mol. The minimum Gasteiger partial charge on any atom is -0.481 e. The van der Waals surface area contributed by atoms with Gasteiger partial charge in [-0.3, -0.25) is 19.2 Å². The number of carboxylic acid groups (broad SMARTS) is 2. The smallest absolute Gasteiger partial charge is 0.326 e. The van der Waals surface area contributed by atoms with Crippen LogP contribution in [0.2, 0.25) is 0 Å². The first-order valence-electron chi connectivity index (χ1n) is 11.3. The molecule has 0 aromatic rings. The second-order valence-corrected chi connectivity index (χ2v) is 9.08. The maximum absolute atomic E-state index is 12.8. The molecule has 0 bridgehead atoms. The SMILES string of the molecule is CCC(C)C(N)C(=O)NC(CC(=O)O)C(=O)NC(CCSC)C(=O)NC(CCCCN)C(=O)O. The van der Waals surface area contributed by atoms with Crippen LogP contribution in [0.4, 0.5) is 0 Å². The topological polar surface area (TPSA) is 214 Å². The summed E-state index contributed by atoms with van der Waals surface area (Å²) in [5.74, 6) is -4.52. The van der Waals surface area contributed by atoms with Crippen LogP contribution >= 0.6 is 11.8 Å². The lowest BCUT2D eigenvalue weighted by Crippen LogP contribution is -2.58. The van der Waals surface area contributed by atoms with Crippen molar-refractivity contribution in [2.45, 2.75) is 76.5 Å². The van der Waals surface area contributed by atoms with E-state index in [-0.39, 0.29) is 18.8 Å². The average Bonchev–Trinajstić information content (AvgIpc) is 2.78. The van der Waals surface area contributed by atoms with Crippen molar-refractivity contribution in [2.75, 3.05) is 18.6 Å². The molecule has 0 aliphatic rings. The number of amides is 3. The van der Waals surface area contributed by atoms with Crippen molar-refractivity contribution in [2.24, 2.45) is 17.4 Å². The number of carbonyl (C=O) groups is 5. The van der Waals surface area contributed by atoms with E-state index in [4.69, 9.17) is 11.5 Å². The number of carbonyl (C=O) groups excluding carboxylic acids is 3. The standard InChI is InChI=1S/C21H39N5O7S/c1-4-12(2)17(23)20(31)26-15(11-16(27)28)19(30)24-13(8-10-34-3)18(29)25-14(21(32)33)7-5-6-9-22/h12-15,17H,4-11,22-23H2,1-3H3,(H,24,30)(H,25,29)(H,26,31)(H,27,28)(H,32,33). The van der Waals surface area contributed by atoms with Crippen LogP contribution in [0, 0.1) is 5.92 Å². The molecule has 5 unspecified atom stereocenters. The summed E-state index contributed by atoms with van der Waals surface area (Å²) in [5, 5.41) is 25.8. The Balaban J connectivity index is 5.46. The molecule has 0 aliphatic carbocycles. The van der Waals surface area contributed by atoms with Gasteiger partial charge >= 0.3 is 11.9 Å². The van der Waals surface area contributed by atoms with E-state index in [0.29, 0.717) is 31.6 Å². The summed E-state index contributed by atoms with van der Waals surface area (Å²) >= 11 is 1.41. The molecule has 0 heterocycles. The summed E-state index contributed by atoms with van der Waals surface area (Å²) in [6, 6.07) is -4.66. The molecule has 3 amide bonds. The van der Waals surface area contributed by atoms with E-state index in [2.05, 4.69) is 16.0 Å². The van der Waals surface area contributed by atoms with Crippen molar-refractivity contribution in [3.05, 3.63) is 0 Å². The molecule has 0 aliphatic heterocycles. The molecule has 0 saturated carbocycles. The number of hydrogen-bond donors (Lipinski definition) is 7. The number of rotatable bonds is 18. The highest BCUT2D eigenvalue weighted by atomic mass is 32.2. The molecule has 0 aromatic heterocycles. The van der Waals surface area contributed by atoms with Gasteiger partial charge in [-0.1, -0.05) is 20.3 Å². The second kappa shape index (κ2) is 17.1. The molecule has 0 aromatic carbocycles. The number of aliphatic carboxylic acids is 2. The normalized spacial score (nSPS) is 15.3. The van der Waals surface area contributed by atoms with Gasteiger partial charge in [0, 0.05) is 0 Å². The zero-order valence-corrected chi connectivity index (χ0v) is 20.9. The Hall–Kier alpha value is -2.38. The van der Waals surface area contributed by atoms with Gasteiger partial charge in [-0.05, 0) is 50.2 Å². The van der Waals surface area contributed by atoms with E-state index in [9.17, 15) is 34.2 Å². The quantitative estimate of drug-likeness (QED) is 0.116. The van der Waals surface area contributed by atoms with Crippen LogP contribution < -0.4 is 27.4 Å². The van der Waals surface area contributed by atoms with E-state index in [0.717, 1.165) is 0 Å². The van der Waals surface area contributed by atoms with Crippen LogP contribution in [-0.2, 0) is 24.0 Å². The number of nitrogens with two attached hydrogens (primary N) is 2. The Labute approximate surface area is 204 Å². The predicted octanol–water partition coefficient (Wildman–Crippen LogP) is -0.744. The van der Waals surface area contributed by atoms with Crippen molar-refractivity contribution in [3.8, 4) is 0 Å². The number of thioether (sulfide) groups is 1. The fraction of sp³-hybridized carbons (Fsp3) is 0.762. The number of unbranched alkanes of at least 4 members (excludes halogenated alkanes) is 1. The van der Waals surface area contributed by atoms with E-state index in [1.807, 2.05) is 6.92 Å². The fourth-order valence-electron chi connectivity index (χ4n) is 2.96. The number of nitrogens with one attached hydrogen (secondary N) is 3. The molecule has 9 N–H and O–H groups in total. The van der Waals surface area contributed by atoms with Gasteiger partial charge in [0.05, 0.1) is 12.5 Å². The van der Waals surface area contributed by atoms with Gasteiger partial charge in [-0.25, -0.2) is 4.79 Å². The van der Waals surface area contributed by atoms with Gasteiger partial charge in [-0.15, -0.1) is 0 Å². The van der Waals surface area contributed by atoms with Crippen molar-refractivity contribution in [1.82, 2.24) is 16.0 Å². The van der Waals surface area contributed by atoms with Crippen LogP contribution in [0.25, 0.3) is 0 Å². The van der Waals surface area contributed by atoms with Crippen LogP contribution in [0.3, 0.4) is 0 Å². The third kappa shape index (κ3) is 12.2. The Morgan fingerprint density at radius 1 is 0.882 bits per heavy atom. The molecule has 34 heavy (non-hydrogen) atoms. The minimum atomic E-state index is -1.45. The lowest BCUT2D eigenvalue weighted by atomic mass is 9.99. The van der Waals surface area contributed by atoms with Gasteiger partial charge in [0.1, 0.15) is 18.1 Å². The first kappa shape index (κ1) is 31.6. The van der Waals surface area contributed by atoms with Crippen molar-refractivity contribution >= 4 is 41.4 Å². The predicted molar refractivity (Wildman–Crippen MR) is 129 cm³/mol. The highest BCUT2D eigenvalue weighted by molar-refractivity contribution is 7.98. The summed E-state index contributed by atoms with van der Waals surface area (Å²) in [6.45, 7) is 3.99. The number of hydrogen-bond acceptors (Lipinski definition) is 8. The van der Waals surface area contributed by atoms with Crippen molar-refractivity contribution in [1.29, 1.82) is 0 Å². The lowest BCUT2D eigenvalue weighted by Gasteiger charge is -2.25. The van der Waals surface area contributed by atoms with E-state index in [1.165, 1.54) is 11.8 Å². The van der Waals surface area contributed by atoms with Crippen LogP contribution in [0.1, 0.15) is 52.4 Å². The molecule has 0 radical (unpaired) electrons. The Morgan fingerprint density at radius 2 is 1.44 bits per heavy atom. The summed E-state index contributed by atoms with van der Waals surface area (Å²) in [5.41, 5.74) is 11.3. The first-order valence-corrected chi connectivity index (χ1v) is 12.7. The highest BCUT2D eigenvalue weighted by Gasteiger charge is 2.31. The summed E-state index contributed by atoms with van der Waals surface area (Å²) < 4.78 is 0. The molecule has 0 saturated heterocycles. The Kier molecular flexibility index (Phi) is 15.9. The van der Waals surface area contributed by atoms with Crippen molar-refractivity contribution in [3.63, 3.8) is 0 Å². The zero-order chi connectivity index (χ0) is 26.3. The Bertz CT molecular complexity index is 694. The highest BCUT2D eigenvalue weighted by Crippen LogP contribution is 2.08. The van der Waals surface area contributed by atoms with Crippen LogP contribution in [-0.4, -0.2) is 82.6 Å². The van der Waals surface area contributed by atoms with Gasteiger partial charge in [0.25, 0.3) is 0 Å². The third-order valence-corrected chi connectivity index (χ3v) is 6.02. The minimum absolute atomic E-state index is 0.173. The maximum Gasteiger partial charge on any atom is 0.326 e. The van der Waals surface area contributed by atoms with Gasteiger partial charge in [-0.2, -0.15) is 11.8 Å². The molecule has 5 atom stereocenters. The van der Waals surface area contributed by atoms with Crippen LogP contribution in [0.5, 0.6) is 0 Å². The average molecular weight is 506 g/mol. The summed E-state index contributed by atoms with van der Waals surface area (Å²) in [4.78, 5) is 60.8. The van der Waals surface area contributed by atoms with Crippen LogP contribution in [0.15, 0.2) is 0 Å². The summed E-state index contributed by atoms with van der Waals surface area (Å²) in [6.07, 6.45) is 3.14. The van der Waals surface area contributed by atoms with E-state index in [1.54, 1.807) is 13.2 Å². The molecule has 0 rings (SSSR count). The maximum atomic E-state index is 12.8.